The van der Waals surface area contributed by atoms with Gasteiger partial charge in [-0.05, 0) is 78.1 Å². The SMILES string of the molecule is C[C@H](CC[C@@H]1CCCO1)OC(=O)CCCCC(=O)O[C@@H](C)CC[C@@H]1CCCO1. The van der Waals surface area contributed by atoms with Gasteiger partial charge in [-0.3, -0.25) is 9.59 Å². The molecular formula is C22H38O6. The van der Waals surface area contributed by atoms with Crippen LogP contribution in [0.1, 0.15) is 90.9 Å². The number of ether oxygens (including phenoxy) is 4. The number of unbranched alkanes of at least 4 members (excludes halogenated alkanes) is 1. The van der Waals surface area contributed by atoms with Gasteiger partial charge in [0.25, 0.3) is 0 Å². The van der Waals surface area contributed by atoms with Gasteiger partial charge in [0.15, 0.2) is 0 Å². The van der Waals surface area contributed by atoms with Crippen molar-refractivity contribution in [3.8, 4) is 0 Å². The average Bonchev–Trinajstić information content (AvgIpc) is 3.35. The fourth-order valence-corrected chi connectivity index (χ4v) is 3.81. The number of esters is 2. The molecule has 2 aliphatic heterocycles. The van der Waals surface area contributed by atoms with Gasteiger partial charge in [-0.1, -0.05) is 0 Å². The number of hydrogen-bond acceptors (Lipinski definition) is 6. The molecule has 0 saturated carbocycles. The van der Waals surface area contributed by atoms with Gasteiger partial charge in [-0.25, -0.2) is 0 Å². The standard InChI is InChI=1S/C22H38O6/c1-17(11-13-19-7-5-15-25-19)27-21(23)9-3-4-10-22(24)28-18(2)12-14-20-8-6-16-26-20/h17-20H,3-16H2,1-2H3/t17-,18+,19-,20-/m0/s1. The van der Waals surface area contributed by atoms with Crippen LogP contribution < -0.4 is 0 Å². The van der Waals surface area contributed by atoms with Crippen molar-refractivity contribution in [2.24, 2.45) is 0 Å². The van der Waals surface area contributed by atoms with Gasteiger partial charge in [-0.15, -0.1) is 0 Å². The summed E-state index contributed by atoms with van der Waals surface area (Å²) in [6, 6.07) is 0. The zero-order valence-corrected chi connectivity index (χ0v) is 17.7. The van der Waals surface area contributed by atoms with Crippen LogP contribution in [0.4, 0.5) is 0 Å². The molecular weight excluding hydrogens is 360 g/mol. The number of carbonyl (C=O) groups excluding carboxylic acids is 2. The van der Waals surface area contributed by atoms with Gasteiger partial charge < -0.3 is 18.9 Å². The van der Waals surface area contributed by atoms with E-state index in [9.17, 15) is 9.59 Å². The summed E-state index contributed by atoms with van der Waals surface area (Å²) in [4.78, 5) is 23.8. The second-order valence-corrected chi connectivity index (χ2v) is 8.23. The summed E-state index contributed by atoms with van der Waals surface area (Å²) in [6.45, 7) is 5.58. The van der Waals surface area contributed by atoms with Crippen LogP contribution in [0.3, 0.4) is 0 Å². The first-order valence-corrected chi connectivity index (χ1v) is 11.1. The third kappa shape index (κ3) is 9.87. The number of rotatable bonds is 13. The molecule has 0 aromatic rings. The van der Waals surface area contributed by atoms with Crippen molar-refractivity contribution < 1.29 is 28.5 Å². The Kier molecular flexibility index (Phi) is 10.9. The fourth-order valence-electron chi connectivity index (χ4n) is 3.81. The predicted octanol–water partition coefficient (Wildman–Crippen LogP) is 4.33. The lowest BCUT2D eigenvalue weighted by atomic mass is 10.1. The van der Waals surface area contributed by atoms with Crippen LogP contribution in [0.15, 0.2) is 0 Å². The van der Waals surface area contributed by atoms with Crippen LogP contribution in [-0.2, 0) is 28.5 Å². The van der Waals surface area contributed by atoms with Crippen molar-refractivity contribution in [1.29, 1.82) is 0 Å². The molecule has 6 heteroatoms. The van der Waals surface area contributed by atoms with Gasteiger partial charge >= 0.3 is 11.9 Å². The van der Waals surface area contributed by atoms with E-state index in [1.54, 1.807) is 0 Å². The average molecular weight is 399 g/mol. The third-order valence-corrected chi connectivity index (χ3v) is 5.52. The normalized spacial score (nSPS) is 24.1. The molecule has 2 saturated heterocycles. The van der Waals surface area contributed by atoms with Crippen molar-refractivity contribution in [1.82, 2.24) is 0 Å². The topological polar surface area (TPSA) is 71.1 Å². The first kappa shape index (κ1) is 23.1. The molecule has 28 heavy (non-hydrogen) atoms. The molecule has 2 heterocycles. The molecule has 162 valence electrons. The van der Waals surface area contributed by atoms with Crippen LogP contribution in [-0.4, -0.2) is 49.6 Å². The first-order chi connectivity index (χ1) is 13.5. The molecule has 0 aromatic heterocycles. The molecule has 2 aliphatic rings. The van der Waals surface area contributed by atoms with E-state index in [2.05, 4.69) is 0 Å². The highest BCUT2D eigenvalue weighted by Gasteiger charge is 2.19. The Morgan fingerprint density at radius 1 is 0.821 bits per heavy atom. The van der Waals surface area contributed by atoms with Crippen LogP contribution in [0, 0.1) is 0 Å². The Morgan fingerprint density at radius 3 is 1.61 bits per heavy atom. The maximum absolute atomic E-state index is 11.9. The van der Waals surface area contributed by atoms with E-state index in [1.165, 1.54) is 0 Å². The molecule has 0 spiro atoms. The summed E-state index contributed by atoms with van der Waals surface area (Å²) in [7, 11) is 0. The second-order valence-electron chi connectivity index (χ2n) is 8.23. The van der Waals surface area contributed by atoms with E-state index < -0.39 is 0 Å². The molecule has 0 unspecified atom stereocenters. The molecule has 0 radical (unpaired) electrons. The smallest absolute Gasteiger partial charge is 0.306 e. The Hall–Kier alpha value is -1.14. The lowest BCUT2D eigenvalue weighted by Gasteiger charge is -2.16. The lowest BCUT2D eigenvalue weighted by Crippen LogP contribution is -2.18. The van der Waals surface area contributed by atoms with Crippen molar-refractivity contribution in [3.05, 3.63) is 0 Å². The van der Waals surface area contributed by atoms with Gasteiger partial charge in [0.1, 0.15) is 0 Å². The predicted molar refractivity (Wildman–Crippen MR) is 106 cm³/mol. The molecule has 0 amide bonds. The lowest BCUT2D eigenvalue weighted by molar-refractivity contribution is -0.151. The summed E-state index contributed by atoms with van der Waals surface area (Å²) in [5.74, 6) is -0.365. The van der Waals surface area contributed by atoms with Gasteiger partial charge in [0.2, 0.25) is 0 Å². The Labute approximate surface area is 169 Å². The quantitative estimate of drug-likeness (QED) is 0.340. The summed E-state index contributed by atoms with van der Waals surface area (Å²) >= 11 is 0. The third-order valence-electron chi connectivity index (χ3n) is 5.52. The molecule has 0 aliphatic carbocycles. The van der Waals surface area contributed by atoms with Crippen LogP contribution in [0.5, 0.6) is 0 Å². The zero-order chi connectivity index (χ0) is 20.2. The number of hydrogen-bond donors (Lipinski definition) is 0. The monoisotopic (exact) mass is 398 g/mol. The molecule has 6 nitrogen and oxygen atoms in total. The molecule has 0 bridgehead atoms. The molecule has 2 rings (SSSR count). The number of carbonyl (C=O) groups is 2. The fraction of sp³-hybridized carbons (Fsp3) is 0.909. The Morgan fingerprint density at radius 2 is 1.25 bits per heavy atom. The van der Waals surface area contributed by atoms with Crippen molar-refractivity contribution in [2.75, 3.05) is 13.2 Å². The Bertz CT molecular complexity index is 412. The van der Waals surface area contributed by atoms with E-state index in [1.807, 2.05) is 13.8 Å². The van der Waals surface area contributed by atoms with Gasteiger partial charge in [0, 0.05) is 26.1 Å². The van der Waals surface area contributed by atoms with E-state index >= 15 is 0 Å². The molecule has 2 fully saturated rings. The van der Waals surface area contributed by atoms with E-state index in [4.69, 9.17) is 18.9 Å². The van der Waals surface area contributed by atoms with Crippen molar-refractivity contribution >= 4 is 11.9 Å². The van der Waals surface area contributed by atoms with Crippen molar-refractivity contribution in [2.45, 2.75) is 115 Å². The van der Waals surface area contributed by atoms with Crippen molar-refractivity contribution in [3.63, 3.8) is 0 Å². The largest absolute Gasteiger partial charge is 0.463 e. The second kappa shape index (κ2) is 13.2. The van der Waals surface area contributed by atoms with Crippen LogP contribution in [0.25, 0.3) is 0 Å². The highest BCUT2D eigenvalue weighted by atomic mass is 16.5. The summed E-state index contributed by atoms with van der Waals surface area (Å²) in [5, 5.41) is 0. The zero-order valence-electron chi connectivity index (χ0n) is 17.7. The molecule has 0 N–H and O–H groups in total. The Balaban J connectivity index is 1.44. The minimum atomic E-state index is -0.182. The summed E-state index contributed by atoms with van der Waals surface area (Å²) in [6.07, 6.45) is 10.6. The highest BCUT2D eigenvalue weighted by molar-refractivity contribution is 5.70. The highest BCUT2D eigenvalue weighted by Crippen LogP contribution is 2.20. The summed E-state index contributed by atoms with van der Waals surface area (Å²) in [5.41, 5.74) is 0. The first-order valence-electron chi connectivity index (χ1n) is 11.1. The maximum Gasteiger partial charge on any atom is 0.306 e. The maximum atomic E-state index is 11.9. The van der Waals surface area contributed by atoms with Gasteiger partial charge in [0.05, 0.1) is 24.4 Å². The summed E-state index contributed by atoms with van der Waals surface area (Å²) < 4.78 is 22.1. The van der Waals surface area contributed by atoms with E-state index in [-0.39, 0.29) is 24.1 Å². The molecule has 4 atom stereocenters. The van der Waals surface area contributed by atoms with E-state index in [0.29, 0.717) is 37.9 Å². The van der Waals surface area contributed by atoms with Crippen LogP contribution >= 0.6 is 0 Å². The van der Waals surface area contributed by atoms with Crippen LogP contribution in [0.2, 0.25) is 0 Å². The minimum Gasteiger partial charge on any atom is -0.463 e. The molecule has 0 aromatic carbocycles. The van der Waals surface area contributed by atoms with Gasteiger partial charge in [-0.2, -0.15) is 0 Å². The minimum absolute atomic E-state index is 0.0774. The van der Waals surface area contributed by atoms with E-state index in [0.717, 1.165) is 64.6 Å².